The third kappa shape index (κ3) is 2.81. The molecule has 17 heavy (non-hydrogen) atoms. The van der Waals surface area contributed by atoms with Gasteiger partial charge in [-0.1, -0.05) is 26.0 Å². The molecule has 0 saturated heterocycles. The highest BCUT2D eigenvalue weighted by molar-refractivity contribution is 5.52. The maximum atomic E-state index is 6.03. The number of hydrogen-bond donors (Lipinski definition) is 1. The van der Waals surface area contributed by atoms with Crippen LogP contribution < -0.4 is 5.73 Å². The van der Waals surface area contributed by atoms with Crippen LogP contribution in [0, 0.1) is 5.92 Å². The second-order valence-electron chi connectivity index (χ2n) is 5.71. The van der Waals surface area contributed by atoms with Crippen LogP contribution in [-0.2, 0) is 13.1 Å². The first-order valence-electron chi connectivity index (χ1n) is 6.68. The van der Waals surface area contributed by atoms with Crippen molar-refractivity contribution in [1.29, 1.82) is 0 Å². The molecule has 0 aliphatic carbocycles. The monoisotopic (exact) mass is 232 g/mol. The summed E-state index contributed by atoms with van der Waals surface area (Å²) in [4.78, 5) is 2.55. The summed E-state index contributed by atoms with van der Waals surface area (Å²) < 4.78 is 0. The van der Waals surface area contributed by atoms with Crippen molar-refractivity contribution in [3.63, 3.8) is 0 Å². The smallest absolute Gasteiger partial charge is 0.0363 e. The van der Waals surface area contributed by atoms with Gasteiger partial charge in [0.25, 0.3) is 0 Å². The van der Waals surface area contributed by atoms with Gasteiger partial charge in [-0.05, 0) is 42.9 Å². The largest absolute Gasteiger partial charge is 0.398 e. The standard InChI is InChI=1S/C15H24N2/c1-11(2)7-8-12(3)17-9-13-5-4-6-15(16)14(13)10-17/h4-6,11-12H,7-10,16H2,1-3H3. The molecule has 94 valence electrons. The Hall–Kier alpha value is -1.02. The molecule has 1 aliphatic rings. The highest BCUT2D eigenvalue weighted by Gasteiger charge is 2.24. The molecule has 0 aromatic heterocycles. The number of rotatable bonds is 4. The van der Waals surface area contributed by atoms with Crippen molar-refractivity contribution < 1.29 is 0 Å². The summed E-state index contributed by atoms with van der Waals surface area (Å²) in [6, 6.07) is 6.95. The van der Waals surface area contributed by atoms with Crippen LogP contribution >= 0.6 is 0 Å². The van der Waals surface area contributed by atoms with Gasteiger partial charge < -0.3 is 5.73 Å². The Morgan fingerprint density at radius 1 is 1.18 bits per heavy atom. The van der Waals surface area contributed by atoms with Gasteiger partial charge in [0.05, 0.1) is 0 Å². The van der Waals surface area contributed by atoms with Crippen LogP contribution in [0.1, 0.15) is 44.7 Å². The topological polar surface area (TPSA) is 29.3 Å². The first-order valence-corrected chi connectivity index (χ1v) is 6.68. The number of anilines is 1. The van der Waals surface area contributed by atoms with Crippen molar-refractivity contribution in [2.75, 3.05) is 5.73 Å². The van der Waals surface area contributed by atoms with Gasteiger partial charge in [0.2, 0.25) is 0 Å². The predicted octanol–water partition coefficient (Wildman–Crippen LogP) is 3.41. The Morgan fingerprint density at radius 3 is 2.59 bits per heavy atom. The first kappa shape index (κ1) is 12.4. The molecule has 0 radical (unpaired) electrons. The summed E-state index contributed by atoms with van der Waals surface area (Å²) in [6.07, 6.45) is 2.59. The van der Waals surface area contributed by atoms with Crippen molar-refractivity contribution in [2.45, 2.75) is 52.7 Å². The lowest BCUT2D eigenvalue weighted by molar-refractivity contribution is 0.195. The zero-order chi connectivity index (χ0) is 12.4. The number of hydrogen-bond acceptors (Lipinski definition) is 2. The molecule has 2 heteroatoms. The molecule has 2 N–H and O–H groups in total. The third-order valence-electron chi connectivity index (χ3n) is 3.83. The van der Waals surface area contributed by atoms with E-state index < -0.39 is 0 Å². The molecule has 0 amide bonds. The van der Waals surface area contributed by atoms with E-state index in [2.05, 4.69) is 37.8 Å². The van der Waals surface area contributed by atoms with E-state index >= 15 is 0 Å². The molecule has 1 aromatic rings. The highest BCUT2D eigenvalue weighted by atomic mass is 15.2. The molecule has 2 nitrogen and oxygen atoms in total. The van der Waals surface area contributed by atoms with E-state index in [4.69, 9.17) is 5.73 Å². The predicted molar refractivity (Wildman–Crippen MR) is 73.6 cm³/mol. The molecule has 1 heterocycles. The molecule has 0 fully saturated rings. The van der Waals surface area contributed by atoms with Crippen LogP contribution in [0.2, 0.25) is 0 Å². The maximum absolute atomic E-state index is 6.03. The maximum Gasteiger partial charge on any atom is 0.0363 e. The average molecular weight is 232 g/mol. The molecule has 0 spiro atoms. The van der Waals surface area contributed by atoms with E-state index in [0.29, 0.717) is 6.04 Å². The fraction of sp³-hybridized carbons (Fsp3) is 0.600. The molecule has 1 unspecified atom stereocenters. The zero-order valence-corrected chi connectivity index (χ0v) is 11.2. The van der Waals surface area contributed by atoms with Gasteiger partial charge in [-0.25, -0.2) is 0 Å². The van der Waals surface area contributed by atoms with Crippen molar-refractivity contribution in [3.8, 4) is 0 Å². The molecule has 1 aromatic carbocycles. The quantitative estimate of drug-likeness (QED) is 0.806. The summed E-state index contributed by atoms with van der Waals surface area (Å²) in [5.74, 6) is 0.799. The van der Waals surface area contributed by atoms with E-state index in [-0.39, 0.29) is 0 Å². The number of nitrogens with zero attached hydrogens (tertiary/aromatic N) is 1. The van der Waals surface area contributed by atoms with Gasteiger partial charge in [-0.2, -0.15) is 0 Å². The van der Waals surface area contributed by atoms with E-state index in [9.17, 15) is 0 Å². The zero-order valence-electron chi connectivity index (χ0n) is 11.2. The Labute approximate surface area is 105 Å². The lowest BCUT2D eigenvalue weighted by atomic mass is 10.0. The van der Waals surface area contributed by atoms with Crippen LogP contribution in [0.5, 0.6) is 0 Å². The van der Waals surface area contributed by atoms with Crippen molar-refractivity contribution in [2.24, 2.45) is 5.92 Å². The fourth-order valence-electron chi connectivity index (χ4n) is 2.54. The van der Waals surface area contributed by atoms with Gasteiger partial charge in [-0.3, -0.25) is 4.90 Å². The van der Waals surface area contributed by atoms with Crippen LogP contribution in [0.4, 0.5) is 5.69 Å². The minimum atomic E-state index is 0.657. The fourth-order valence-corrected chi connectivity index (χ4v) is 2.54. The Balaban J connectivity index is 1.97. The number of nitrogens with two attached hydrogens (primary N) is 1. The van der Waals surface area contributed by atoms with Crippen LogP contribution in [0.25, 0.3) is 0 Å². The van der Waals surface area contributed by atoms with Crippen LogP contribution in [-0.4, -0.2) is 10.9 Å². The molecule has 1 atom stereocenters. The van der Waals surface area contributed by atoms with E-state index in [1.807, 2.05) is 6.07 Å². The normalized spacial score (nSPS) is 17.4. The summed E-state index contributed by atoms with van der Waals surface area (Å²) in [5.41, 5.74) is 9.76. The molecular formula is C15H24N2. The molecule has 1 aliphatic heterocycles. The van der Waals surface area contributed by atoms with Gasteiger partial charge in [0, 0.05) is 24.8 Å². The van der Waals surface area contributed by atoms with E-state index in [0.717, 1.165) is 24.7 Å². The van der Waals surface area contributed by atoms with Crippen LogP contribution in [0.15, 0.2) is 18.2 Å². The minimum Gasteiger partial charge on any atom is -0.398 e. The second-order valence-corrected chi connectivity index (χ2v) is 5.71. The first-order chi connectivity index (χ1) is 8.08. The number of fused-ring (bicyclic) bond motifs is 1. The molecular weight excluding hydrogens is 208 g/mol. The lowest BCUT2D eigenvalue weighted by Crippen LogP contribution is -2.28. The van der Waals surface area contributed by atoms with Gasteiger partial charge >= 0.3 is 0 Å². The SMILES string of the molecule is CC(C)CCC(C)N1Cc2cccc(N)c2C1. The molecule has 0 bridgehead atoms. The van der Waals surface area contributed by atoms with Gasteiger partial charge in [0.15, 0.2) is 0 Å². The van der Waals surface area contributed by atoms with E-state index in [1.165, 1.54) is 24.0 Å². The molecule has 0 saturated carbocycles. The minimum absolute atomic E-state index is 0.657. The molecule has 2 rings (SSSR count). The van der Waals surface area contributed by atoms with Crippen molar-refractivity contribution in [3.05, 3.63) is 29.3 Å². The second kappa shape index (κ2) is 5.09. The van der Waals surface area contributed by atoms with Gasteiger partial charge in [-0.15, -0.1) is 0 Å². The summed E-state index contributed by atoms with van der Waals surface area (Å²) in [7, 11) is 0. The number of nitrogen functional groups attached to an aromatic ring is 1. The van der Waals surface area contributed by atoms with Gasteiger partial charge in [0.1, 0.15) is 0 Å². The highest BCUT2D eigenvalue weighted by Crippen LogP contribution is 2.29. The summed E-state index contributed by atoms with van der Waals surface area (Å²) >= 11 is 0. The van der Waals surface area contributed by atoms with Crippen molar-refractivity contribution in [1.82, 2.24) is 4.90 Å². The summed E-state index contributed by atoms with van der Waals surface area (Å²) in [5, 5.41) is 0. The average Bonchev–Trinajstić information content (AvgIpc) is 2.71. The Bertz CT molecular complexity index is 385. The number of benzene rings is 1. The van der Waals surface area contributed by atoms with Crippen molar-refractivity contribution >= 4 is 5.69 Å². The Kier molecular flexibility index (Phi) is 3.72. The lowest BCUT2D eigenvalue weighted by Gasteiger charge is -2.24. The van der Waals surface area contributed by atoms with Crippen LogP contribution in [0.3, 0.4) is 0 Å². The van der Waals surface area contributed by atoms with E-state index in [1.54, 1.807) is 0 Å². The Morgan fingerprint density at radius 2 is 1.94 bits per heavy atom. The third-order valence-corrected chi connectivity index (χ3v) is 3.83. The summed E-state index contributed by atoms with van der Waals surface area (Å²) in [6.45, 7) is 9.03.